The summed E-state index contributed by atoms with van der Waals surface area (Å²) in [6.07, 6.45) is 7.89. The van der Waals surface area contributed by atoms with Gasteiger partial charge in [0.15, 0.2) is 0 Å². The maximum absolute atomic E-state index is 13.4. The highest BCUT2D eigenvalue weighted by Crippen LogP contribution is 2.35. The summed E-state index contributed by atoms with van der Waals surface area (Å²) in [5, 5.41) is 4.89. The lowest BCUT2D eigenvalue weighted by molar-refractivity contribution is -0.135. The van der Waals surface area contributed by atoms with Crippen molar-refractivity contribution in [1.29, 1.82) is 0 Å². The van der Waals surface area contributed by atoms with Crippen LogP contribution in [0.25, 0.3) is 22.4 Å². The first kappa shape index (κ1) is 19.9. The number of piperidine rings is 1. The maximum Gasteiger partial charge on any atom is 0.263 e. The van der Waals surface area contributed by atoms with Crippen molar-refractivity contribution in [2.75, 3.05) is 31.1 Å². The van der Waals surface area contributed by atoms with Crippen LogP contribution in [0.5, 0.6) is 0 Å². The molecule has 0 aliphatic carbocycles. The van der Waals surface area contributed by atoms with E-state index in [1.165, 1.54) is 31.3 Å². The summed E-state index contributed by atoms with van der Waals surface area (Å²) in [4.78, 5) is 26.2. The highest BCUT2D eigenvalue weighted by molar-refractivity contribution is 5.98. The number of hydrogen-bond acceptors (Lipinski definition) is 6. The molecule has 5 rings (SSSR count). The van der Waals surface area contributed by atoms with E-state index in [4.69, 9.17) is 4.52 Å². The molecule has 0 N–H and O–H groups in total. The summed E-state index contributed by atoms with van der Waals surface area (Å²) in [6.45, 7) is 3.17. The van der Waals surface area contributed by atoms with Gasteiger partial charge in [-0.25, -0.2) is 9.37 Å². The van der Waals surface area contributed by atoms with Gasteiger partial charge in [-0.2, -0.15) is 4.98 Å². The summed E-state index contributed by atoms with van der Waals surface area (Å²) in [5.74, 6) is 0.643. The molecule has 2 saturated heterocycles. The molecular weight excluding hydrogens is 397 g/mol. The largest absolute Gasteiger partial charge is 0.355 e. The number of rotatable bonds is 3. The Bertz CT molecular complexity index is 1060. The molecular formula is C23H26FN5O2. The predicted molar refractivity (Wildman–Crippen MR) is 115 cm³/mol. The molecule has 0 radical (unpaired) electrons. The summed E-state index contributed by atoms with van der Waals surface area (Å²) in [7, 11) is 0. The van der Waals surface area contributed by atoms with Crippen LogP contribution >= 0.6 is 0 Å². The van der Waals surface area contributed by atoms with Crippen molar-refractivity contribution < 1.29 is 13.7 Å². The van der Waals surface area contributed by atoms with Crippen LogP contribution in [0, 0.1) is 11.7 Å². The second kappa shape index (κ2) is 8.61. The molecule has 31 heavy (non-hydrogen) atoms. The van der Waals surface area contributed by atoms with Gasteiger partial charge in [-0.1, -0.05) is 18.0 Å². The van der Waals surface area contributed by atoms with E-state index in [1.807, 2.05) is 0 Å². The number of halogens is 1. The van der Waals surface area contributed by atoms with Crippen LogP contribution in [0.2, 0.25) is 0 Å². The summed E-state index contributed by atoms with van der Waals surface area (Å²) >= 11 is 0. The highest BCUT2D eigenvalue weighted by Gasteiger charge is 2.31. The van der Waals surface area contributed by atoms with Gasteiger partial charge >= 0.3 is 0 Å². The lowest BCUT2D eigenvalue weighted by Crippen LogP contribution is -2.45. The van der Waals surface area contributed by atoms with E-state index in [0.29, 0.717) is 23.3 Å². The fourth-order valence-corrected chi connectivity index (χ4v) is 4.74. The number of likely N-dealkylation sites (tertiary alicyclic amines) is 1. The number of nitrogens with zero attached hydrogens (tertiary/aromatic N) is 5. The third-order valence-corrected chi connectivity index (χ3v) is 6.36. The van der Waals surface area contributed by atoms with Gasteiger partial charge in [-0.3, -0.25) is 4.79 Å². The van der Waals surface area contributed by atoms with Gasteiger partial charge < -0.3 is 14.3 Å². The standard InChI is InChI=1S/C23H26FN5O2/c24-18-9-7-16(8-10-18)20-19-21(25-15-26-22(19)31-27-20)29-13-5-6-17(14-29)23(30)28-11-3-1-2-4-12-28/h7-10,15,17H,1-6,11-14H2/t17-/m0/s1. The molecule has 2 fully saturated rings. The third kappa shape index (κ3) is 3.98. The highest BCUT2D eigenvalue weighted by atomic mass is 19.1. The minimum atomic E-state index is -0.307. The Morgan fingerprint density at radius 2 is 1.77 bits per heavy atom. The normalized spacial score (nSPS) is 20.1. The fourth-order valence-electron chi connectivity index (χ4n) is 4.74. The Hall–Kier alpha value is -3.03. The molecule has 1 atom stereocenters. The van der Waals surface area contributed by atoms with Crippen molar-refractivity contribution >= 4 is 22.8 Å². The number of aromatic nitrogens is 3. The third-order valence-electron chi connectivity index (χ3n) is 6.36. The summed E-state index contributed by atoms with van der Waals surface area (Å²) in [6, 6.07) is 6.14. The van der Waals surface area contributed by atoms with Crippen LogP contribution in [0.3, 0.4) is 0 Å². The first-order valence-electron chi connectivity index (χ1n) is 11.1. The Labute approximate surface area is 180 Å². The number of amides is 1. The Morgan fingerprint density at radius 3 is 2.55 bits per heavy atom. The first-order valence-corrected chi connectivity index (χ1v) is 11.1. The lowest BCUT2D eigenvalue weighted by Gasteiger charge is -2.35. The number of anilines is 1. The molecule has 3 aromatic rings. The van der Waals surface area contributed by atoms with Crippen LogP contribution in [0.1, 0.15) is 38.5 Å². The molecule has 8 heteroatoms. The molecule has 0 saturated carbocycles. The van der Waals surface area contributed by atoms with Gasteiger partial charge in [0.25, 0.3) is 5.71 Å². The average molecular weight is 423 g/mol. The molecule has 4 heterocycles. The quantitative estimate of drug-likeness (QED) is 0.633. The molecule has 0 spiro atoms. The number of carbonyl (C=O) groups excluding carboxylic acids is 1. The smallest absolute Gasteiger partial charge is 0.263 e. The number of benzene rings is 1. The maximum atomic E-state index is 13.4. The second-order valence-electron chi connectivity index (χ2n) is 8.44. The Kier molecular flexibility index (Phi) is 5.53. The van der Waals surface area contributed by atoms with Crippen LogP contribution in [0.4, 0.5) is 10.2 Å². The minimum Gasteiger partial charge on any atom is -0.355 e. The van der Waals surface area contributed by atoms with E-state index < -0.39 is 0 Å². The molecule has 2 aromatic heterocycles. The van der Waals surface area contributed by atoms with Gasteiger partial charge in [0, 0.05) is 31.7 Å². The Balaban J connectivity index is 1.44. The summed E-state index contributed by atoms with van der Waals surface area (Å²) in [5.41, 5.74) is 1.72. The molecule has 0 bridgehead atoms. The molecule has 7 nitrogen and oxygen atoms in total. The van der Waals surface area contributed by atoms with Gasteiger partial charge in [0.1, 0.15) is 29.0 Å². The summed E-state index contributed by atoms with van der Waals surface area (Å²) < 4.78 is 18.8. The molecule has 2 aliphatic rings. The SMILES string of the molecule is O=C([C@H]1CCCN(c2ncnc3onc(-c4ccc(F)cc4)c23)C1)N1CCCCCC1. The van der Waals surface area contributed by atoms with E-state index in [1.54, 1.807) is 12.1 Å². The predicted octanol–water partition coefficient (Wildman–Crippen LogP) is 4.04. The van der Waals surface area contributed by atoms with Gasteiger partial charge in [-0.05, 0) is 49.9 Å². The number of fused-ring (bicyclic) bond motifs is 1. The molecule has 1 amide bonds. The van der Waals surface area contributed by atoms with E-state index >= 15 is 0 Å². The van der Waals surface area contributed by atoms with Crippen molar-refractivity contribution in [3.05, 3.63) is 36.4 Å². The van der Waals surface area contributed by atoms with Crippen molar-refractivity contribution in [1.82, 2.24) is 20.0 Å². The van der Waals surface area contributed by atoms with E-state index in [9.17, 15) is 9.18 Å². The molecule has 0 unspecified atom stereocenters. The lowest BCUT2D eigenvalue weighted by atomic mass is 9.96. The minimum absolute atomic E-state index is 0.0361. The van der Waals surface area contributed by atoms with Crippen molar-refractivity contribution in [2.45, 2.75) is 38.5 Å². The van der Waals surface area contributed by atoms with Crippen LogP contribution in [-0.2, 0) is 4.79 Å². The van der Waals surface area contributed by atoms with Crippen molar-refractivity contribution in [3.63, 3.8) is 0 Å². The van der Waals surface area contributed by atoms with Crippen molar-refractivity contribution in [3.8, 4) is 11.3 Å². The fraction of sp³-hybridized carbons (Fsp3) is 0.478. The van der Waals surface area contributed by atoms with Crippen LogP contribution in [0.15, 0.2) is 35.1 Å². The van der Waals surface area contributed by atoms with E-state index in [2.05, 4.69) is 24.9 Å². The van der Waals surface area contributed by atoms with E-state index in [-0.39, 0.29) is 17.6 Å². The van der Waals surface area contributed by atoms with Crippen LogP contribution < -0.4 is 4.90 Å². The van der Waals surface area contributed by atoms with Gasteiger partial charge in [0.05, 0.1) is 5.92 Å². The monoisotopic (exact) mass is 423 g/mol. The molecule has 162 valence electrons. The number of carbonyl (C=O) groups is 1. The molecule has 2 aliphatic heterocycles. The van der Waals surface area contributed by atoms with Gasteiger partial charge in [0.2, 0.25) is 5.91 Å². The number of hydrogen-bond donors (Lipinski definition) is 0. The zero-order chi connectivity index (χ0) is 21.2. The van der Waals surface area contributed by atoms with E-state index in [0.717, 1.165) is 56.7 Å². The average Bonchev–Trinajstić information content (AvgIpc) is 3.05. The second-order valence-corrected chi connectivity index (χ2v) is 8.44. The van der Waals surface area contributed by atoms with Crippen molar-refractivity contribution in [2.24, 2.45) is 5.92 Å². The first-order chi connectivity index (χ1) is 15.2. The molecule has 1 aromatic carbocycles. The zero-order valence-corrected chi connectivity index (χ0v) is 17.5. The Morgan fingerprint density at radius 1 is 1.00 bits per heavy atom. The zero-order valence-electron chi connectivity index (χ0n) is 17.5. The topological polar surface area (TPSA) is 75.4 Å². The van der Waals surface area contributed by atoms with Gasteiger partial charge in [-0.15, -0.1) is 0 Å². The van der Waals surface area contributed by atoms with Crippen LogP contribution in [-0.4, -0.2) is 52.1 Å².